The lowest BCUT2D eigenvalue weighted by molar-refractivity contribution is -0.122. The SMILES string of the molecule is CC(NCc1ccc(O)c(Cl)c1)C(=O)NC1CC1. The van der Waals surface area contributed by atoms with E-state index in [2.05, 4.69) is 10.6 Å². The van der Waals surface area contributed by atoms with Gasteiger partial charge in [-0.2, -0.15) is 0 Å². The quantitative estimate of drug-likeness (QED) is 0.763. The van der Waals surface area contributed by atoms with Gasteiger partial charge in [-0.1, -0.05) is 17.7 Å². The van der Waals surface area contributed by atoms with E-state index < -0.39 is 0 Å². The van der Waals surface area contributed by atoms with Gasteiger partial charge in [0, 0.05) is 12.6 Å². The number of aromatic hydroxyl groups is 1. The number of phenolic OH excluding ortho intramolecular Hbond substituents is 1. The molecule has 1 saturated carbocycles. The van der Waals surface area contributed by atoms with Gasteiger partial charge in [0.05, 0.1) is 11.1 Å². The standard InChI is InChI=1S/C13H17ClN2O2/c1-8(13(18)16-10-3-4-10)15-7-9-2-5-12(17)11(14)6-9/h2,5-6,8,10,15,17H,3-4,7H2,1H3,(H,16,18). The molecule has 3 N–H and O–H groups in total. The minimum absolute atomic E-state index is 0.0300. The predicted octanol–water partition coefficient (Wildman–Crippen LogP) is 1.80. The number of halogens is 1. The van der Waals surface area contributed by atoms with Crippen molar-refractivity contribution < 1.29 is 9.90 Å². The van der Waals surface area contributed by atoms with E-state index in [-0.39, 0.29) is 17.7 Å². The molecule has 5 heteroatoms. The van der Waals surface area contributed by atoms with Crippen LogP contribution in [0.15, 0.2) is 18.2 Å². The summed E-state index contributed by atoms with van der Waals surface area (Å²) in [6.45, 7) is 2.37. The van der Waals surface area contributed by atoms with Crippen LogP contribution in [-0.2, 0) is 11.3 Å². The van der Waals surface area contributed by atoms with Gasteiger partial charge in [0.25, 0.3) is 0 Å². The maximum Gasteiger partial charge on any atom is 0.237 e. The number of carbonyl (C=O) groups is 1. The first-order valence-corrected chi connectivity index (χ1v) is 6.45. The minimum atomic E-state index is -0.238. The molecular formula is C13H17ClN2O2. The van der Waals surface area contributed by atoms with Crippen molar-refractivity contribution in [2.24, 2.45) is 0 Å². The Morgan fingerprint density at radius 3 is 2.89 bits per heavy atom. The molecule has 1 fully saturated rings. The van der Waals surface area contributed by atoms with Crippen molar-refractivity contribution in [1.82, 2.24) is 10.6 Å². The topological polar surface area (TPSA) is 61.4 Å². The molecule has 0 aliphatic heterocycles. The average molecular weight is 269 g/mol. The van der Waals surface area contributed by atoms with Gasteiger partial charge in [0.1, 0.15) is 5.75 Å². The van der Waals surface area contributed by atoms with Gasteiger partial charge < -0.3 is 15.7 Å². The highest BCUT2D eigenvalue weighted by Gasteiger charge is 2.25. The highest BCUT2D eigenvalue weighted by atomic mass is 35.5. The van der Waals surface area contributed by atoms with E-state index in [1.54, 1.807) is 18.2 Å². The normalized spacial score (nSPS) is 16.3. The van der Waals surface area contributed by atoms with Crippen LogP contribution < -0.4 is 10.6 Å². The molecule has 0 spiro atoms. The van der Waals surface area contributed by atoms with Crippen molar-refractivity contribution in [3.63, 3.8) is 0 Å². The van der Waals surface area contributed by atoms with Crippen molar-refractivity contribution >= 4 is 17.5 Å². The van der Waals surface area contributed by atoms with E-state index in [4.69, 9.17) is 11.6 Å². The maximum absolute atomic E-state index is 11.7. The number of benzene rings is 1. The van der Waals surface area contributed by atoms with Gasteiger partial charge in [-0.15, -0.1) is 0 Å². The lowest BCUT2D eigenvalue weighted by atomic mass is 10.2. The Morgan fingerprint density at radius 2 is 2.28 bits per heavy atom. The van der Waals surface area contributed by atoms with Gasteiger partial charge in [-0.25, -0.2) is 0 Å². The van der Waals surface area contributed by atoms with E-state index in [9.17, 15) is 9.90 Å². The first-order chi connectivity index (χ1) is 8.56. The molecule has 1 amide bonds. The first-order valence-electron chi connectivity index (χ1n) is 6.07. The maximum atomic E-state index is 11.7. The van der Waals surface area contributed by atoms with Crippen LogP contribution in [0.4, 0.5) is 0 Å². The van der Waals surface area contributed by atoms with Crippen LogP contribution in [0.1, 0.15) is 25.3 Å². The van der Waals surface area contributed by atoms with Crippen LogP contribution in [0.25, 0.3) is 0 Å². The number of rotatable bonds is 5. The third-order valence-electron chi connectivity index (χ3n) is 2.94. The van der Waals surface area contributed by atoms with Gasteiger partial charge in [-0.05, 0) is 37.5 Å². The molecule has 1 aliphatic rings. The average Bonchev–Trinajstić information content (AvgIpc) is 3.14. The molecule has 0 bridgehead atoms. The summed E-state index contributed by atoms with van der Waals surface area (Å²) in [5.41, 5.74) is 0.934. The van der Waals surface area contributed by atoms with Crippen molar-refractivity contribution in [1.29, 1.82) is 0 Å². The number of hydrogen-bond donors (Lipinski definition) is 3. The number of hydrogen-bond acceptors (Lipinski definition) is 3. The summed E-state index contributed by atoms with van der Waals surface area (Å²) in [6, 6.07) is 5.16. The Labute approximate surface area is 111 Å². The Hall–Kier alpha value is -1.26. The lowest BCUT2D eigenvalue weighted by Gasteiger charge is -2.14. The molecular weight excluding hydrogens is 252 g/mol. The predicted molar refractivity (Wildman–Crippen MR) is 70.6 cm³/mol. The van der Waals surface area contributed by atoms with Crippen molar-refractivity contribution in [3.05, 3.63) is 28.8 Å². The van der Waals surface area contributed by atoms with Gasteiger partial charge in [0.2, 0.25) is 5.91 Å². The second-order valence-corrected chi connectivity index (χ2v) is 5.08. The summed E-state index contributed by atoms with van der Waals surface area (Å²) in [6.07, 6.45) is 2.18. The second-order valence-electron chi connectivity index (χ2n) is 4.67. The van der Waals surface area contributed by atoms with Crippen LogP contribution in [0.5, 0.6) is 5.75 Å². The molecule has 4 nitrogen and oxygen atoms in total. The lowest BCUT2D eigenvalue weighted by Crippen LogP contribution is -2.42. The van der Waals surface area contributed by atoms with Gasteiger partial charge in [-0.3, -0.25) is 4.79 Å². The smallest absolute Gasteiger partial charge is 0.237 e. The Morgan fingerprint density at radius 1 is 1.56 bits per heavy atom. The van der Waals surface area contributed by atoms with Gasteiger partial charge in [0.15, 0.2) is 0 Å². The monoisotopic (exact) mass is 268 g/mol. The van der Waals surface area contributed by atoms with Crippen molar-refractivity contribution in [2.45, 2.75) is 38.4 Å². The van der Waals surface area contributed by atoms with E-state index >= 15 is 0 Å². The van der Waals surface area contributed by atoms with Crippen molar-refractivity contribution in [2.75, 3.05) is 0 Å². The number of carbonyl (C=O) groups excluding carboxylic acids is 1. The molecule has 0 saturated heterocycles. The Bertz CT molecular complexity index is 447. The zero-order chi connectivity index (χ0) is 13.1. The number of amides is 1. The molecule has 1 aromatic carbocycles. The van der Waals surface area contributed by atoms with Crippen LogP contribution in [0, 0.1) is 0 Å². The zero-order valence-corrected chi connectivity index (χ0v) is 11.0. The largest absolute Gasteiger partial charge is 0.506 e. The molecule has 1 aliphatic carbocycles. The third kappa shape index (κ3) is 3.62. The number of phenols is 1. The molecule has 18 heavy (non-hydrogen) atoms. The van der Waals surface area contributed by atoms with Crippen molar-refractivity contribution in [3.8, 4) is 5.75 Å². The molecule has 1 aromatic rings. The minimum Gasteiger partial charge on any atom is -0.506 e. The summed E-state index contributed by atoms with van der Waals surface area (Å²) in [7, 11) is 0. The molecule has 0 heterocycles. The summed E-state index contributed by atoms with van der Waals surface area (Å²) in [5.74, 6) is 0.0994. The third-order valence-corrected chi connectivity index (χ3v) is 3.24. The fourth-order valence-electron chi connectivity index (χ4n) is 1.58. The second kappa shape index (κ2) is 5.59. The fourth-order valence-corrected chi connectivity index (χ4v) is 1.78. The van der Waals surface area contributed by atoms with E-state index in [1.165, 1.54) is 0 Å². The Balaban J connectivity index is 1.82. The molecule has 0 aromatic heterocycles. The van der Waals surface area contributed by atoms with E-state index in [1.807, 2.05) is 6.92 Å². The highest BCUT2D eigenvalue weighted by Crippen LogP contribution is 2.23. The molecule has 0 radical (unpaired) electrons. The molecule has 98 valence electrons. The van der Waals surface area contributed by atoms with E-state index in [0.29, 0.717) is 17.6 Å². The summed E-state index contributed by atoms with van der Waals surface area (Å²) >= 11 is 5.81. The fraction of sp³-hybridized carbons (Fsp3) is 0.462. The van der Waals surface area contributed by atoms with Gasteiger partial charge >= 0.3 is 0 Å². The molecule has 1 unspecified atom stereocenters. The summed E-state index contributed by atoms with van der Waals surface area (Å²) in [4.78, 5) is 11.7. The number of nitrogens with one attached hydrogen (secondary N) is 2. The summed E-state index contributed by atoms with van der Waals surface area (Å²) in [5, 5.41) is 15.7. The van der Waals surface area contributed by atoms with E-state index in [0.717, 1.165) is 18.4 Å². The van der Waals surface area contributed by atoms with Crippen LogP contribution in [0.2, 0.25) is 5.02 Å². The molecule has 2 rings (SSSR count). The highest BCUT2D eigenvalue weighted by molar-refractivity contribution is 6.32. The van der Waals surface area contributed by atoms with Crippen LogP contribution >= 0.6 is 11.6 Å². The van der Waals surface area contributed by atoms with Crippen LogP contribution in [0.3, 0.4) is 0 Å². The molecule has 1 atom stereocenters. The Kier molecular flexibility index (Phi) is 4.09. The zero-order valence-electron chi connectivity index (χ0n) is 10.2. The van der Waals surface area contributed by atoms with Crippen LogP contribution in [-0.4, -0.2) is 23.1 Å². The summed E-state index contributed by atoms with van der Waals surface area (Å²) < 4.78 is 0. The first kappa shape index (κ1) is 13.2.